The molecule has 0 spiro atoms. The minimum atomic E-state index is 0.117. The standard InChI is InChI=1S/C9H12N2OS/c1-7-3-4-8-5-10(6-13-2)9(12)11(7)8/h3-4H,5-6H2,1-2H3. The number of fused-ring (bicyclic) bond motifs is 1. The van der Waals surface area contributed by atoms with Crippen molar-refractivity contribution in [1.29, 1.82) is 0 Å². The van der Waals surface area contributed by atoms with Gasteiger partial charge in [-0.15, -0.1) is 11.8 Å². The van der Waals surface area contributed by atoms with E-state index in [0.29, 0.717) is 0 Å². The Morgan fingerprint density at radius 2 is 2.31 bits per heavy atom. The van der Waals surface area contributed by atoms with Crippen LogP contribution >= 0.6 is 11.8 Å². The van der Waals surface area contributed by atoms with Crippen LogP contribution in [0.25, 0.3) is 0 Å². The van der Waals surface area contributed by atoms with Crippen molar-refractivity contribution in [2.75, 3.05) is 12.1 Å². The van der Waals surface area contributed by atoms with Gasteiger partial charge in [0.1, 0.15) is 0 Å². The van der Waals surface area contributed by atoms with E-state index in [9.17, 15) is 4.79 Å². The monoisotopic (exact) mass is 196 g/mol. The van der Waals surface area contributed by atoms with Crippen LogP contribution in [0.15, 0.2) is 12.1 Å². The smallest absolute Gasteiger partial charge is 0.309 e. The predicted octanol–water partition coefficient (Wildman–Crippen LogP) is 1.90. The highest BCUT2D eigenvalue weighted by molar-refractivity contribution is 7.98. The van der Waals surface area contributed by atoms with Crippen LogP contribution in [-0.4, -0.2) is 27.6 Å². The van der Waals surface area contributed by atoms with Crippen molar-refractivity contribution >= 4 is 17.8 Å². The van der Waals surface area contributed by atoms with Crippen LogP contribution in [0, 0.1) is 6.92 Å². The lowest BCUT2D eigenvalue weighted by Gasteiger charge is -2.12. The summed E-state index contributed by atoms with van der Waals surface area (Å²) in [7, 11) is 0. The van der Waals surface area contributed by atoms with Gasteiger partial charge in [0, 0.05) is 11.4 Å². The molecule has 2 heterocycles. The molecule has 0 aromatic carbocycles. The first-order valence-electron chi connectivity index (χ1n) is 4.19. The van der Waals surface area contributed by atoms with Gasteiger partial charge >= 0.3 is 6.03 Å². The van der Waals surface area contributed by atoms with Gasteiger partial charge < -0.3 is 4.90 Å². The summed E-state index contributed by atoms with van der Waals surface area (Å²) in [4.78, 5) is 13.6. The third kappa shape index (κ3) is 1.25. The number of thioether (sulfide) groups is 1. The van der Waals surface area contributed by atoms with E-state index in [1.54, 1.807) is 16.3 Å². The number of nitrogens with zero attached hydrogens (tertiary/aromatic N) is 2. The zero-order chi connectivity index (χ0) is 9.42. The van der Waals surface area contributed by atoms with Crippen LogP contribution in [0.4, 0.5) is 4.79 Å². The molecule has 0 saturated carbocycles. The fraction of sp³-hybridized carbons (Fsp3) is 0.444. The number of hydrogen-bond acceptors (Lipinski definition) is 2. The van der Waals surface area contributed by atoms with Gasteiger partial charge in [0.2, 0.25) is 0 Å². The zero-order valence-electron chi connectivity index (χ0n) is 7.78. The Kier molecular flexibility index (Phi) is 2.07. The second kappa shape index (κ2) is 3.10. The van der Waals surface area contributed by atoms with Gasteiger partial charge in [-0.25, -0.2) is 4.79 Å². The van der Waals surface area contributed by atoms with E-state index < -0.39 is 0 Å². The quantitative estimate of drug-likeness (QED) is 0.722. The average molecular weight is 196 g/mol. The molecule has 0 aliphatic carbocycles. The van der Waals surface area contributed by atoms with Crippen molar-refractivity contribution in [1.82, 2.24) is 9.47 Å². The van der Waals surface area contributed by atoms with Gasteiger partial charge in [0.25, 0.3) is 0 Å². The first kappa shape index (κ1) is 8.69. The number of aryl methyl sites for hydroxylation is 1. The molecule has 0 unspecified atom stereocenters. The molecule has 13 heavy (non-hydrogen) atoms. The molecule has 1 aromatic rings. The zero-order valence-corrected chi connectivity index (χ0v) is 8.60. The molecule has 70 valence electrons. The normalized spacial score (nSPS) is 15.2. The fourth-order valence-electron chi connectivity index (χ4n) is 1.65. The van der Waals surface area contributed by atoms with E-state index in [2.05, 4.69) is 0 Å². The van der Waals surface area contributed by atoms with Gasteiger partial charge in [0.15, 0.2) is 0 Å². The summed E-state index contributed by atoms with van der Waals surface area (Å²) in [6, 6.07) is 4.13. The van der Waals surface area contributed by atoms with Crippen molar-refractivity contribution < 1.29 is 4.79 Å². The molecule has 2 rings (SSSR count). The molecule has 4 heteroatoms. The fourth-order valence-corrected chi connectivity index (χ4v) is 2.16. The molecular weight excluding hydrogens is 184 g/mol. The van der Waals surface area contributed by atoms with Crippen molar-refractivity contribution in [2.24, 2.45) is 0 Å². The Balaban J connectivity index is 2.29. The maximum Gasteiger partial charge on any atom is 0.329 e. The molecule has 0 bridgehead atoms. The summed E-state index contributed by atoms with van der Waals surface area (Å²) in [5.41, 5.74) is 2.14. The Labute approximate surface area is 81.7 Å². The number of hydrogen-bond donors (Lipinski definition) is 0. The molecule has 1 aliphatic rings. The summed E-state index contributed by atoms with van der Waals surface area (Å²) in [6.45, 7) is 2.72. The number of amides is 1. The number of rotatable bonds is 2. The van der Waals surface area contributed by atoms with Gasteiger partial charge in [-0.3, -0.25) is 4.57 Å². The molecule has 1 aromatic heterocycles. The SMILES string of the molecule is CSCN1Cc2ccc(C)n2C1=O. The van der Waals surface area contributed by atoms with Crippen molar-refractivity contribution in [3.8, 4) is 0 Å². The Bertz CT molecular complexity index is 345. The number of aromatic nitrogens is 1. The highest BCUT2D eigenvalue weighted by atomic mass is 32.2. The number of carbonyl (C=O) groups excluding carboxylic acids is 1. The van der Waals surface area contributed by atoms with E-state index in [-0.39, 0.29) is 6.03 Å². The van der Waals surface area contributed by atoms with E-state index in [4.69, 9.17) is 0 Å². The van der Waals surface area contributed by atoms with Crippen LogP contribution < -0.4 is 0 Å². The highest BCUT2D eigenvalue weighted by Gasteiger charge is 2.26. The lowest BCUT2D eigenvalue weighted by molar-refractivity contribution is 0.217. The summed E-state index contributed by atoms with van der Waals surface area (Å²) in [6.07, 6.45) is 2.01. The lowest BCUT2D eigenvalue weighted by Crippen LogP contribution is -2.26. The molecule has 0 N–H and O–H groups in total. The van der Waals surface area contributed by atoms with E-state index in [1.807, 2.05) is 30.2 Å². The van der Waals surface area contributed by atoms with Gasteiger partial charge in [-0.1, -0.05) is 0 Å². The van der Waals surface area contributed by atoms with Crippen LogP contribution in [0.2, 0.25) is 0 Å². The predicted molar refractivity (Wildman–Crippen MR) is 53.9 cm³/mol. The Hall–Kier alpha value is -0.900. The van der Waals surface area contributed by atoms with E-state index >= 15 is 0 Å². The third-order valence-corrected chi connectivity index (χ3v) is 2.83. The topological polar surface area (TPSA) is 25.2 Å². The second-order valence-corrected chi connectivity index (χ2v) is 4.04. The molecule has 0 atom stereocenters. The molecule has 1 aliphatic heterocycles. The van der Waals surface area contributed by atoms with Crippen LogP contribution in [0.3, 0.4) is 0 Å². The first-order chi connectivity index (χ1) is 6.24. The molecule has 1 amide bonds. The molecule has 0 radical (unpaired) electrons. The third-order valence-electron chi connectivity index (χ3n) is 2.26. The first-order valence-corrected chi connectivity index (χ1v) is 5.59. The average Bonchev–Trinajstić information content (AvgIpc) is 2.58. The van der Waals surface area contributed by atoms with Gasteiger partial charge in [-0.2, -0.15) is 0 Å². The van der Waals surface area contributed by atoms with Crippen molar-refractivity contribution in [3.63, 3.8) is 0 Å². The van der Waals surface area contributed by atoms with Gasteiger partial charge in [-0.05, 0) is 25.3 Å². The Morgan fingerprint density at radius 1 is 1.54 bits per heavy atom. The Morgan fingerprint density at radius 3 is 2.92 bits per heavy atom. The van der Waals surface area contributed by atoms with Crippen molar-refractivity contribution in [2.45, 2.75) is 13.5 Å². The van der Waals surface area contributed by atoms with E-state index in [0.717, 1.165) is 23.8 Å². The maximum atomic E-state index is 11.7. The second-order valence-electron chi connectivity index (χ2n) is 3.20. The minimum Gasteiger partial charge on any atom is -0.309 e. The molecular formula is C9H12N2OS. The largest absolute Gasteiger partial charge is 0.329 e. The molecule has 3 nitrogen and oxygen atoms in total. The van der Waals surface area contributed by atoms with Crippen molar-refractivity contribution in [3.05, 3.63) is 23.5 Å². The highest BCUT2D eigenvalue weighted by Crippen LogP contribution is 2.21. The van der Waals surface area contributed by atoms with Gasteiger partial charge in [0.05, 0.1) is 12.4 Å². The van der Waals surface area contributed by atoms with Crippen LogP contribution in [0.5, 0.6) is 0 Å². The number of carbonyl (C=O) groups is 1. The molecule has 0 saturated heterocycles. The van der Waals surface area contributed by atoms with Crippen LogP contribution in [0.1, 0.15) is 11.4 Å². The molecule has 0 fully saturated rings. The van der Waals surface area contributed by atoms with Crippen LogP contribution in [-0.2, 0) is 6.54 Å². The summed E-state index contributed by atoms with van der Waals surface area (Å²) >= 11 is 1.67. The lowest BCUT2D eigenvalue weighted by atomic mass is 10.4. The summed E-state index contributed by atoms with van der Waals surface area (Å²) < 4.78 is 1.79. The van der Waals surface area contributed by atoms with E-state index in [1.165, 1.54) is 0 Å². The maximum absolute atomic E-state index is 11.7. The summed E-state index contributed by atoms with van der Waals surface area (Å²) in [5.74, 6) is 0.778. The minimum absolute atomic E-state index is 0.117. The summed E-state index contributed by atoms with van der Waals surface area (Å²) in [5, 5.41) is 0.